The number of benzene rings is 2. The van der Waals surface area contributed by atoms with E-state index in [-0.39, 0.29) is 5.82 Å². The van der Waals surface area contributed by atoms with E-state index in [9.17, 15) is 4.39 Å². The van der Waals surface area contributed by atoms with Crippen LogP contribution in [-0.4, -0.2) is 9.97 Å². The van der Waals surface area contributed by atoms with Gasteiger partial charge in [0.2, 0.25) is 0 Å². The van der Waals surface area contributed by atoms with Crippen molar-refractivity contribution < 1.29 is 13.2 Å². The number of H-pyrrole nitrogens is 1. The third kappa shape index (κ3) is 3.01. The molecule has 0 bridgehead atoms. The summed E-state index contributed by atoms with van der Waals surface area (Å²) in [5.74, 6) is 1.37. The van der Waals surface area contributed by atoms with E-state index in [2.05, 4.69) is 22.1 Å². The Hall–Kier alpha value is -3.60. The molecule has 5 heteroatoms. The number of aromatic nitrogens is 2. The zero-order chi connectivity index (χ0) is 18.9. The van der Waals surface area contributed by atoms with Gasteiger partial charge in [-0.15, -0.1) is 0 Å². The Morgan fingerprint density at radius 2 is 1.89 bits per heavy atom. The van der Waals surface area contributed by atoms with Crippen molar-refractivity contribution >= 4 is 10.9 Å². The van der Waals surface area contributed by atoms with Gasteiger partial charge in [0.25, 0.3) is 0 Å². The lowest BCUT2D eigenvalue weighted by Crippen LogP contribution is -1.91. The zero-order valence-corrected chi connectivity index (χ0v) is 15.0. The maximum atomic E-state index is 13.7. The van der Waals surface area contributed by atoms with Gasteiger partial charge in [0, 0.05) is 29.1 Å². The van der Waals surface area contributed by atoms with Crippen LogP contribution in [0.3, 0.4) is 0 Å². The molecule has 2 aromatic carbocycles. The number of nitrogens with one attached hydrogen (secondary N) is 1. The number of nitrogens with zero attached hydrogens (tertiary/aromatic N) is 1. The summed E-state index contributed by atoms with van der Waals surface area (Å²) in [6, 6.07) is 18.1. The lowest BCUT2D eigenvalue weighted by molar-refractivity contribution is 0.481. The first kappa shape index (κ1) is 16.6. The minimum absolute atomic E-state index is 0.314. The van der Waals surface area contributed by atoms with Crippen LogP contribution in [0.15, 0.2) is 82.0 Å². The number of rotatable bonds is 5. The Morgan fingerprint density at radius 3 is 2.75 bits per heavy atom. The highest BCUT2D eigenvalue weighted by Crippen LogP contribution is 2.33. The fraction of sp³-hybridized carbons (Fsp3) is 0.0870. The molecule has 0 amide bonds. The zero-order valence-electron chi connectivity index (χ0n) is 15.0. The molecule has 0 aliphatic rings. The van der Waals surface area contributed by atoms with E-state index in [0.717, 1.165) is 11.9 Å². The first-order chi connectivity index (χ1) is 13.8. The summed E-state index contributed by atoms with van der Waals surface area (Å²) >= 11 is 0. The first-order valence-corrected chi connectivity index (χ1v) is 9.12. The Bertz CT molecular complexity index is 1230. The molecule has 1 N–H and O–H groups in total. The van der Waals surface area contributed by atoms with E-state index in [0.29, 0.717) is 35.1 Å². The van der Waals surface area contributed by atoms with Crippen LogP contribution < -0.4 is 0 Å². The average molecular weight is 372 g/mol. The second-order valence-electron chi connectivity index (χ2n) is 6.63. The van der Waals surface area contributed by atoms with E-state index in [4.69, 9.17) is 8.83 Å². The number of oxazole rings is 1. The normalized spacial score (nSPS) is 11.3. The third-order valence-corrected chi connectivity index (χ3v) is 4.80. The van der Waals surface area contributed by atoms with Crippen LogP contribution in [0, 0.1) is 5.82 Å². The number of aryl methyl sites for hydroxylation is 2. The Labute approximate surface area is 160 Å². The number of furan rings is 1. The van der Waals surface area contributed by atoms with E-state index >= 15 is 0 Å². The van der Waals surface area contributed by atoms with E-state index in [1.165, 1.54) is 23.1 Å². The molecule has 0 aliphatic carbocycles. The van der Waals surface area contributed by atoms with Gasteiger partial charge in [-0.3, -0.25) is 0 Å². The molecule has 3 heterocycles. The van der Waals surface area contributed by atoms with Crippen molar-refractivity contribution in [1.29, 1.82) is 0 Å². The van der Waals surface area contributed by atoms with Gasteiger partial charge >= 0.3 is 0 Å². The molecule has 0 unspecified atom stereocenters. The predicted molar refractivity (Wildman–Crippen MR) is 105 cm³/mol. The molecule has 28 heavy (non-hydrogen) atoms. The molecule has 0 radical (unpaired) electrons. The van der Waals surface area contributed by atoms with Crippen molar-refractivity contribution in [2.24, 2.45) is 0 Å². The molecular formula is C23H17FN2O2. The van der Waals surface area contributed by atoms with Crippen molar-refractivity contribution in [1.82, 2.24) is 9.97 Å². The van der Waals surface area contributed by atoms with E-state index in [1.54, 1.807) is 18.4 Å². The minimum Gasteiger partial charge on any atom is -0.461 e. The van der Waals surface area contributed by atoms with Gasteiger partial charge in [-0.1, -0.05) is 30.3 Å². The van der Waals surface area contributed by atoms with Gasteiger partial charge < -0.3 is 13.8 Å². The molecule has 0 spiro atoms. The number of fused-ring (bicyclic) bond motifs is 1. The highest BCUT2D eigenvalue weighted by molar-refractivity contribution is 5.83. The molecule has 3 aromatic heterocycles. The summed E-state index contributed by atoms with van der Waals surface area (Å²) in [6.07, 6.45) is 5.02. The maximum absolute atomic E-state index is 13.7. The predicted octanol–water partition coefficient (Wildman–Crippen LogP) is 6.01. The molecule has 0 aliphatic heterocycles. The van der Waals surface area contributed by atoms with Crippen LogP contribution in [-0.2, 0) is 12.8 Å². The van der Waals surface area contributed by atoms with Crippen molar-refractivity contribution in [3.63, 3.8) is 0 Å². The summed E-state index contributed by atoms with van der Waals surface area (Å²) in [7, 11) is 0. The molecule has 5 rings (SSSR count). The molecular weight excluding hydrogens is 355 g/mol. The van der Waals surface area contributed by atoms with Crippen LogP contribution >= 0.6 is 0 Å². The minimum atomic E-state index is -0.314. The fourth-order valence-corrected chi connectivity index (χ4v) is 3.46. The number of hydrogen-bond acceptors (Lipinski definition) is 3. The van der Waals surface area contributed by atoms with E-state index < -0.39 is 0 Å². The molecule has 5 aromatic rings. The number of halogens is 1. The van der Waals surface area contributed by atoms with Crippen molar-refractivity contribution in [3.8, 4) is 22.8 Å². The van der Waals surface area contributed by atoms with Gasteiger partial charge in [0.05, 0.1) is 6.26 Å². The molecule has 4 nitrogen and oxygen atoms in total. The molecule has 0 saturated carbocycles. The lowest BCUT2D eigenvalue weighted by atomic mass is 10.1. The molecule has 0 atom stereocenters. The summed E-state index contributed by atoms with van der Waals surface area (Å²) in [6.45, 7) is 0. The fourth-order valence-electron chi connectivity index (χ4n) is 3.46. The number of para-hydroxylation sites is 1. The van der Waals surface area contributed by atoms with Gasteiger partial charge in [0.1, 0.15) is 11.5 Å². The van der Waals surface area contributed by atoms with Gasteiger partial charge in [-0.05, 0) is 42.3 Å². The molecule has 138 valence electrons. The summed E-state index contributed by atoms with van der Waals surface area (Å²) in [4.78, 5) is 7.94. The summed E-state index contributed by atoms with van der Waals surface area (Å²) < 4.78 is 25.3. The van der Waals surface area contributed by atoms with Crippen molar-refractivity contribution in [3.05, 3.63) is 90.4 Å². The Kier molecular flexibility index (Phi) is 4.05. The smallest absolute Gasteiger partial charge is 0.197 e. The standard InChI is InChI=1S/C23H17FN2O2/c24-17-6-3-5-15(13-17)22-23(20-9-4-12-27-20)28-21(26-22)11-10-16-14-25-19-8-2-1-7-18(16)19/h1-9,12-14,25H,10-11H2. The number of hydrogen-bond donors (Lipinski definition) is 1. The van der Waals surface area contributed by atoms with Crippen LogP contribution in [0.1, 0.15) is 11.5 Å². The van der Waals surface area contributed by atoms with E-state index in [1.807, 2.05) is 30.5 Å². The van der Waals surface area contributed by atoms with Crippen LogP contribution in [0.5, 0.6) is 0 Å². The SMILES string of the molecule is Fc1cccc(-c2nc(CCc3c[nH]c4ccccc34)oc2-c2ccco2)c1. The average Bonchev–Trinajstić information content (AvgIpc) is 3.45. The van der Waals surface area contributed by atoms with Crippen LogP contribution in [0.25, 0.3) is 33.7 Å². The van der Waals surface area contributed by atoms with Gasteiger partial charge in [-0.25, -0.2) is 9.37 Å². The second-order valence-corrected chi connectivity index (χ2v) is 6.63. The highest BCUT2D eigenvalue weighted by Gasteiger charge is 2.19. The van der Waals surface area contributed by atoms with Crippen LogP contribution in [0.4, 0.5) is 4.39 Å². The van der Waals surface area contributed by atoms with Crippen molar-refractivity contribution in [2.75, 3.05) is 0 Å². The first-order valence-electron chi connectivity index (χ1n) is 9.12. The quantitative estimate of drug-likeness (QED) is 0.411. The highest BCUT2D eigenvalue weighted by atomic mass is 19.1. The Morgan fingerprint density at radius 1 is 0.964 bits per heavy atom. The number of aromatic amines is 1. The molecule has 0 saturated heterocycles. The lowest BCUT2D eigenvalue weighted by Gasteiger charge is -1.98. The third-order valence-electron chi connectivity index (χ3n) is 4.80. The largest absolute Gasteiger partial charge is 0.461 e. The second kappa shape index (κ2) is 6.85. The van der Waals surface area contributed by atoms with Gasteiger partial charge in [-0.2, -0.15) is 0 Å². The van der Waals surface area contributed by atoms with Crippen LogP contribution in [0.2, 0.25) is 0 Å². The Balaban J connectivity index is 1.49. The van der Waals surface area contributed by atoms with Crippen molar-refractivity contribution in [2.45, 2.75) is 12.8 Å². The monoisotopic (exact) mass is 372 g/mol. The maximum Gasteiger partial charge on any atom is 0.197 e. The topological polar surface area (TPSA) is 55.0 Å². The molecule has 0 fully saturated rings. The summed E-state index contributed by atoms with van der Waals surface area (Å²) in [5, 5.41) is 1.20. The summed E-state index contributed by atoms with van der Waals surface area (Å²) in [5.41, 5.74) is 3.57. The van der Waals surface area contributed by atoms with Gasteiger partial charge in [0.15, 0.2) is 17.4 Å².